The standard InChI is InChI=1S/C11H8N4O2S/c1-7-13-10(12-2)11(18-7)14-8-5-3-4-6-9(8)15(16)17/h3-6,14H,1H3. The first-order chi connectivity index (χ1) is 8.61. The number of nitro benzene ring substituents is 1. The predicted molar refractivity (Wildman–Crippen MR) is 69.5 cm³/mol. The van der Waals surface area contributed by atoms with Crippen LogP contribution >= 0.6 is 11.3 Å². The van der Waals surface area contributed by atoms with Gasteiger partial charge in [-0.05, 0) is 6.07 Å². The van der Waals surface area contributed by atoms with Gasteiger partial charge in [0.15, 0.2) is 5.01 Å². The highest BCUT2D eigenvalue weighted by Crippen LogP contribution is 2.36. The Morgan fingerprint density at radius 1 is 1.50 bits per heavy atom. The maximum atomic E-state index is 10.9. The van der Waals surface area contributed by atoms with Gasteiger partial charge in [-0.15, -0.1) is 4.98 Å². The molecule has 0 radical (unpaired) electrons. The van der Waals surface area contributed by atoms with Gasteiger partial charge in [0, 0.05) is 13.0 Å². The Hall–Kier alpha value is -2.46. The highest BCUT2D eigenvalue weighted by atomic mass is 32.1. The first kappa shape index (κ1) is 12.0. The molecule has 0 atom stereocenters. The van der Waals surface area contributed by atoms with Crippen LogP contribution in [0.4, 0.5) is 22.2 Å². The maximum absolute atomic E-state index is 10.9. The molecule has 0 amide bonds. The number of nitrogens with one attached hydrogen (secondary N) is 1. The SMILES string of the molecule is [C-]#[N+]c1nc(C)sc1Nc1ccccc1[N+](=O)[O-]. The summed E-state index contributed by atoms with van der Waals surface area (Å²) in [5.74, 6) is 0.232. The van der Waals surface area contributed by atoms with Crippen molar-refractivity contribution in [1.29, 1.82) is 0 Å². The van der Waals surface area contributed by atoms with Crippen molar-refractivity contribution >= 4 is 33.5 Å². The molecule has 0 bridgehead atoms. The zero-order valence-electron chi connectivity index (χ0n) is 9.38. The van der Waals surface area contributed by atoms with E-state index in [1.54, 1.807) is 25.1 Å². The van der Waals surface area contributed by atoms with Crippen LogP contribution in [0.5, 0.6) is 0 Å². The second-order valence-electron chi connectivity index (χ2n) is 3.40. The van der Waals surface area contributed by atoms with Crippen LogP contribution in [-0.4, -0.2) is 9.91 Å². The fourth-order valence-electron chi connectivity index (χ4n) is 1.43. The van der Waals surface area contributed by atoms with E-state index in [1.807, 2.05) is 0 Å². The van der Waals surface area contributed by atoms with E-state index in [4.69, 9.17) is 6.57 Å². The molecule has 6 nitrogen and oxygen atoms in total. The van der Waals surface area contributed by atoms with E-state index in [0.29, 0.717) is 10.7 Å². The lowest BCUT2D eigenvalue weighted by atomic mass is 10.3. The number of nitrogens with zero attached hydrogens (tertiary/aromatic N) is 3. The van der Waals surface area contributed by atoms with Crippen LogP contribution in [-0.2, 0) is 0 Å². The lowest BCUT2D eigenvalue weighted by Crippen LogP contribution is -1.95. The van der Waals surface area contributed by atoms with Crippen molar-refractivity contribution in [2.24, 2.45) is 0 Å². The lowest BCUT2D eigenvalue weighted by molar-refractivity contribution is -0.383. The molecule has 2 aromatic rings. The van der Waals surface area contributed by atoms with Crippen molar-refractivity contribution < 1.29 is 4.92 Å². The smallest absolute Gasteiger partial charge is 0.304 e. The predicted octanol–water partition coefficient (Wildman–Crippen LogP) is 3.65. The summed E-state index contributed by atoms with van der Waals surface area (Å²) in [4.78, 5) is 17.7. The van der Waals surface area contributed by atoms with E-state index in [9.17, 15) is 10.1 Å². The molecule has 0 unspecified atom stereocenters. The Bertz CT molecular complexity index is 645. The summed E-state index contributed by atoms with van der Waals surface area (Å²) in [7, 11) is 0. The third-order valence-corrected chi connectivity index (χ3v) is 3.05. The maximum Gasteiger partial charge on any atom is 0.304 e. The summed E-state index contributed by atoms with van der Waals surface area (Å²) in [5, 5.41) is 15.0. The van der Waals surface area contributed by atoms with Gasteiger partial charge >= 0.3 is 5.82 Å². The van der Waals surface area contributed by atoms with Crippen molar-refractivity contribution in [2.75, 3.05) is 5.32 Å². The minimum atomic E-state index is -0.465. The number of rotatable bonds is 3. The Balaban J connectivity index is 2.40. The van der Waals surface area contributed by atoms with Crippen molar-refractivity contribution in [3.63, 3.8) is 0 Å². The molecule has 1 heterocycles. The zero-order valence-corrected chi connectivity index (χ0v) is 10.2. The Morgan fingerprint density at radius 2 is 2.22 bits per heavy atom. The summed E-state index contributed by atoms with van der Waals surface area (Å²) in [6.07, 6.45) is 0. The van der Waals surface area contributed by atoms with E-state index in [1.165, 1.54) is 17.4 Å². The number of nitro groups is 1. The van der Waals surface area contributed by atoms with Gasteiger partial charge in [0.25, 0.3) is 5.69 Å². The van der Waals surface area contributed by atoms with E-state index in [-0.39, 0.29) is 11.5 Å². The molecule has 0 fully saturated rings. The van der Waals surface area contributed by atoms with Gasteiger partial charge in [-0.3, -0.25) is 10.1 Å². The van der Waals surface area contributed by atoms with Crippen LogP contribution in [0, 0.1) is 23.6 Å². The molecule has 0 saturated carbocycles. The largest absolute Gasteiger partial charge is 0.358 e. The molecular formula is C11H8N4O2S. The van der Waals surface area contributed by atoms with Crippen LogP contribution in [0.1, 0.15) is 5.01 Å². The fourth-order valence-corrected chi connectivity index (χ4v) is 2.21. The molecule has 90 valence electrons. The van der Waals surface area contributed by atoms with Crippen LogP contribution in [0.2, 0.25) is 0 Å². The third-order valence-electron chi connectivity index (χ3n) is 2.17. The quantitative estimate of drug-likeness (QED) is 0.519. The van der Waals surface area contributed by atoms with E-state index < -0.39 is 4.92 Å². The fraction of sp³-hybridized carbons (Fsp3) is 0.0909. The molecule has 7 heteroatoms. The molecule has 0 aliphatic heterocycles. The number of anilines is 2. The molecule has 0 aliphatic carbocycles. The monoisotopic (exact) mass is 260 g/mol. The summed E-state index contributed by atoms with van der Waals surface area (Å²) in [6.45, 7) is 8.78. The number of thiazole rings is 1. The van der Waals surface area contributed by atoms with E-state index >= 15 is 0 Å². The Kier molecular flexibility index (Phi) is 3.21. The zero-order chi connectivity index (χ0) is 13.1. The molecule has 1 aromatic heterocycles. The van der Waals surface area contributed by atoms with Crippen LogP contribution in [0.15, 0.2) is 24.3 Å². The molecule has 0 aliphatic rings. The second-order valence-corrected chi connectivity index (χ2v) is 4.60. The highest BCUT2D eigenvalue weighted by molar-refractivity contribution is 7.16. The van der Waals surface area contributed by atoms with Crippen molar-refractivity contribution in [3.8, 4) is 0 Å². The molecular weight excluding hydrogens is 252 g/mol. The summed E-state index contributed by atoms with van der Waals surface area (Å²) < 4.78 is 0. The second kappa shape index (κ2) is 4.81. The molecule has 1 aromatic carbocycles. The van der Waals surface area contributed by atoms with Gasteiger partial charge in [0.05, 0.1) is 4.92 Å². The van der Waals surface area contributed by atoms with Crippen molar-refractivity contribution in [2.45, 2.75) is 6.92 Å². The third kappa shape index (κ3) is 2.28. The number of aryl methyl sites for hydroxylation is 1. The minimum Gasteiger partial charge on any atom is -0.358 e. The lowest BCUT2D eigenvalue weighted by Gasteiger charge is -2.04. The normalized spacial score (nSPS) is 9.78. The van der Waals surface area contributed by atoms with Gasteiger partial charge in [-0.1, -0.05) is 30.0 Å². The molecule has 1 N–H and O–H groups in total. The van der Waals surface area contributed by atoms with Gasteiger partial charge in [0.2, 0.25) is 0 Å². The number of hydrogen-bond acceptors (Lipinski definition) is 5. The minimum absolute atomic E-state index is 0.0283. The van der Waals surface area contributed by atoms with Crippen LogP contribution in [0.25, 0.3) is 4.85 Å². The number of benzene rings is 1. The van der Waals surface area contributed by atoms with Gasteiger partial charge in [-0.2, -0.15) is 0 Å². The molecule has 0 spiro atoms. The number of aromatic nitrogens is 1. The van der Waals surface area contributed by atoms with Gasteiger partial charge in [-0.25, -0.2) is 0 Å². The number of para-hydroxylation sites is 2. The summed E-state index contributed by atoms with van der Waals surface area (Å²) in [6, 6.07) is 6.30. The average molecular weight is 260 g/mol. The Labute approximate surface area is 107 Å². The van der Waals surface area contributed by atoms with E-state index in [0.717, 1.165) is 5.01 Å². The van der Waals surface area contributed by atoms with Crippen molar-refractivity contribution in [1.82, 2.24) is 4.98 Å². The topological polar surface area (TPSA) is 72.4 Å². The summed E-state index contributed by atoms with van der Waals surface area (Å²) in [5.41, 5.74) is 0.329. The first-order valence-corrected chi connectivity index (χ1v) is 5.79. The molecule has 2 rings (SSSR count). The van der Waals surface area contributed by atoms with Crippen LogP contribution in [0.3, 0.4) is 0 Å². The number of hydrogen-bond donors (Lipinski definition) is 1. The highest BCUT2D eigenvalue weighted by Gasteiger charge is 2.16. The molecule has 0 saturated heterocycles. The van der Waals surface area contributed by atoms with Gasteiger partial charge in [0.1, 0.15) is 10.7 Å². The first-order valence-electron chi connectivity index (χ1n) is 4.97. The average Bonchev–Trinajstić information content (AvgIpc) is 2.70. The van der Waals surface area contributed by atoms with Crippen molar-refractivity contribution in [3.05, 3.63) is 50.8 Å². The summed E-state index contributed by atoms with van der Waals surface area (Å²) >= 11 is 1.30. The van der Waals surface area contributed by atoms with E-state index in [2.05, 4.69) is 15.1 Å². The van der Waals surface area contributed by atoms with Crippen LogP contribution < -0.4 is 5.32 Å². The molecule has 18 heavy (non-hydrogen) atoms. The Morgan fingerprint density at radius 3 is 2.89 bits per heavy atom. The van der Waals surface area contributed by atoms with Gasteiger partial charge < -0.3 is 10.2 Å².